The van der Waals surface area contributed by atoms with Gasteiger partial charge in [0, 0.05) is 19.1 Å². The highest BCUT2D eigenvalue weighted by molar-refractivity contribution is 5.80. The molecule has 0 saturated heterocycles. The van der Waals surface area contributed by atoms with Crippen molar-refractivity contribution in [2.45, 2.75) is 32.7 Å². The van der Waals surface area contributed by atoms with E-state index >= 15 is 0 Å². The second kappa shape index (κ2) is 6.58. The van der Waals surface area contributed by atoms with E-state index in [1.807, 2.05) is 13.8 Å². The van der Waals surface area contributed by atoms with Crippen molar-refractivity contribution in [3.63, 3.8) is 0 Å². The molecule has 6 heteroatoms. The zero-order valence-corrected chi connectivity index (χ0v) is 11.0. The quantitative estimate of drug-likeness (QED) is 0.701. The lowest BCUT2D eigenvalue weighted by atomic mass is 10.2. The SMILES string of the molecule is CC(C)CN(CC(=O)O)C(=O)N(CCO)C1CC1. The lowest BCUT2D eigenvalue weighted by molar-refractivity contribution is -0.137. The van der Waals surface area contributed by atoms with Gasteiger partial charge in [0.25, 0.3) is 0 Å². The Morgan fingerprint density at radius 2 is 1.94 bits per heavy atom. The maximum absolute atomic E-state index is 12.3. The van der Waals surface area contributed by atoms with Crippen LogP contribution in [0.15, 0.2) is 0 Å². The summed E-state index contributed by atoms with van der Waals surface area (Å²) in [6.45, 7) is 4.19. The fraction of sp³-hybridized carbons (Fsp3) is 0.833. The van der Waals surface area contributed by atoms with Gasteiger partial charge in [-0.3, -0.25) is 4.79 Å². The Morgan fingerprint density at radius 1 is 1.33 bits per heavy atom. The number of carboxylic acid groups (broad SMARTS) is 1. The van der Waals surface area contributed by atoms with Crippen LogP contribution < -0.4 is 0 Å². The molecule has 1 aliphatic rings. The zero-order chi connectivity index (χ0) is 13.7. The monoisotopic (exact) mass is 258 g/mol. The molecule has 104 valence electrons. The first-order valence-corrected chi connectivity index (χ1v) is 6.34. The molecule has 2 amide bonds. The van der Waals surface area contributed by atoms with Crippen LogP contribution in [-0.4, -0.2) is 64.3 Å². The lowest BCUT2D eigenvalue weighted by Crippen LogP contribution is -2.48. The average molecular weight is 258 g/mol. The highest BCUT2D eigenvalue weighted by Gasteiger charge is 2.35. The van der Waals surface area contributed by atoms with Gasteiger partial charge >= 0.3 is 12.0 Å². The predicted molar refractivity (Wildman–Crippen MR) is 66.3 cm³/mol. The van der Waals surface area contributed by atoms with Gasteiger partial charge in [-0.25, -0.2) is 4.79 Å². The first-order valence-electron chi connectivity index (χ1n) is 6.34. The van der Waals surface area contributed by atoms with Crippen LogP contribution in [-0.2, 0) is 4.79 Å². The molecule has 0 bridgehead atoms. The summed E-state index contributed by atoms with van der Waals surface area (Å²) < 4.78 is 0. The summed E-state index contributed by atoms with van der Waals surface area (Å²) in [4.78, 5) is 26.0. The molecule has 18 heavy (non-hydrogen) atoms. The van der Waals surface area contributed by atoms with Crippen molar-refractivity contribution >= 4 is 12.0 Å². The van der Waals surface area contributed by atoms with Gasteiger partial charge in [0.05, 0.1) is 6.61 Å². The maximum Gasteiger partial charge on any atom is 0.323 e. The number of carboxylic acids is 1. The van der Waals surface area contributed by atoms with E-state index in [0.29, 0.717) is 6.54 Å². The maximum atomic E-state index is 12.3. The van der Waals surface area contributed by atoms with Crippen molar-refractivity contribution in [1.29, 1.82) is 0 Å². The molecule has 0 atom stereocenters. The molecule has 0 aromatic carbocycles. The predicted octanol–water partition coefficient (Wildman–Crippen LogP) is 0.606. The number of aliphatic hydroxyl groups excluding tert-OH is 1. The number of urea groups is 1. The first-order chi connectivity index (χ1) is 8.45. The van der Waals surface area contributed by atoms with E-state index in [1.165, 1.54) is 4.90 Å². The fourth-order valence-corrected chi connectivity index (χ4v) is 1.92. The molecule has 0 radical (unpaired) electrons. The molecule has 6 nitrogen and oxygen atoms in total. The molecule has 0 heterocycles. The summed E-state index contributed by atoms with van der Waals surface area (Å²) in [6.07, 6.45) is 1.88. The second-order valence-electron chi connectivity index (χ2n) is 5.10. The second-order valence-corrected chi connectivity index (χ2v) is 5.10. The molecule has 2 N–H and O–H groups in total. The van der Waals surface area contributed by atoms with Gasteiger partial charge in [-0.15, -0.1) is 0 Å². The van der Waals surface area contributed by atoms with Crippen molar-refractivity contribution in [3.8, 4) is 0 Å². The Balaban J connectivity index is 2.68. The van der Waals surface area contributed by atoms with Gasteiger partial charge in [0.2, 0.25) is 0 Å². The molecule has 1 aliphatic carbocycles. The summed E-state index contributed by atoms with van der Waals surface area (Å²) in [6, 6.07) is -0.101. The van der Waals surface area contributed by atoms with Gasteiger partial charge in [-0.1, -0.05) is 13.8 Å². The van der Waals surface area contributed by atoms with Crippen molar-refractivity contribution in [3.05, 3.63) is 0 Å². The summed E-state index contributed by atoms with van der Waals surface area (Å²) in [7, 11) is 0. The Hall–Kier alpha value is -1.30. The van der Waals surface area contributed by atoms with Crippen LogP contribution in [0.25, 0.3) is 0 Å². The van der Waals surface area contributed by atoms with Gasteiger partial charge in [0.1, 0.15) is 6.54 Å². The van der Waals surface area contributed by atoms with Gasteiger partial charge in [-0.05, 0) is 18.8 Å². The summed E-state index contributed by atoms with van der Waals surface area (Å²) in [5.41, 5.74) is 0. The first kappa shape index (κ1) is 14.8. The molecule has 0 aliphatic heterocycles. The third-order valence-electron chi connectivity index (χ3n) is 2.76. The number of carbonyl (C=O) groups is 2. The normalized spacial score (nSPS) is 14.7. The minimum Gasteiger partial charge on any atom is -0.480 e. The summed E-state index contributed by atoms with van der Waals surface area (Å²) in [5.74, 6) is -0.799. The molecule has 0 unspecified atom stereocenters. The molecular weight excluding hydrogens is 236 g/mol. The van der Waals surface area contributed by atoms with E-state index < -0.39 is 5.97 Å². The Bertz CT molecular complexity index is 302. The molecule has 1 rings (SSSR count). The number of aliphatic hydroxyl groups is 1. The number of rotatable bonds is 7. The van der Waals surface area contributed by atoms with E-state index in [9.17, 15) is 9.59 Å². The number of hydrogen-bond acceptors (Lipinski definition) is 3. The number of nitrogens with zero attached hydrogens (tertiary/aromatic N) is 2. The number of carbonyl (C=O) groups excluding carboxylic acids is 1. The van der Waals surface area contributed by atoms with Gasteiger partial charge < -0.3 is 20.0 Å². The fourth-order valence-electron chi connectivity index (χ4n) is 1.92. The molecule has 1 saturated carbocycles. The third kappa shape index (κ3) is 4.52. The van der Waals surface area contributed by atoms with E-state index in [0.717, 1.165) is 12.8 Å². The van der Waals surface area contributed by atoms with E-state index in [2.05, 4.69) is 0 Å². The Labute approximate surface area is 107 Å². The number of amides is 2. The number of hydrogen-bond donors (Lipinski definition) is 2. The minimum atomic E-state index is -1.01. The number of aliphatic carboxylic acids is 1. The van der Waals surface area contributed by atoms with E-state index in [1.54, 1.807) is 4.90 Å². The van der Waals surface area contributed by atoms with Crippen LogP contribution in [0.5, 0.6) is 0 Å². The largest absolute Gasteiger partial charge is 0.480 e. The highest BCUT2D eigenvalue weighted by Crippen LogP contribution is 2.27. The lowest BCUT2D eigenvalue weighted by Gasteiger charge is -2.30. The Kier molecular flexibility index (Phi) is 5.40. The van der Waals surface area contributed by atoms with E-state index in [4.69, 9.17) is 10.2 Å². The van der Waals surface area contributed by atoms with Gasteiger partial charge in [0.15, 0.2) is 0 Å². The van der Waals surface area contributed by atoms with Crippen LogP contribution in [0, 0.1) is 5.92 Å². The molecule has 0 spiro atoms. The molecule has 0 aromatic rings. The van der Waals surface area contributed by atoms with E-state index in [-0.39, 0.29) is 37.7 Å². The van der Waals surface area contributed by atoms with Crippen molar-refractivity contribution in [2.75, 3.05) is 26.2 Å². The average Bonchev–Trinajstić information content (AvgIpc) is 3.06. The highest BCUT2D eigenvalue weighted by atomic mass is 16.4. The van der Waals surface area contributed by atoms with Crippen molar-refractivity contribution in [2.24, 2.45) is 5.92 Å². The Morgan fingerprint density at radius 3 is 2.33 bits per heavy atom. The zero-order valence-electron chi connectivity index (χ0n) is 11.0. The van der Waals surface area contributed by atoms with Crippen LogP contribution >= 0.6 is 0 Å². The van der Waals surface area contributed by atoms with Crippen LogP contribution in [0.4, 0.5) is 4.79 Å². The van der Waals surface area contributed by atoms with Crippen molar-refractivity contribution in [1.82, 2.24) is 9.80 Å². The molecule has 1 fully saturated rings. The van der Waals surface area contributed by atoms with Crippen LogP contribution in [0.1, 0.15) is 26.7 Å². The summed E-state index contributed by atoms with van der Waals surface area (Å²) in [5, 5.41) is 17.8. The van der Waals surface area contributed by atoms with Crippen molar-refractivity contribution < 1.29 is 19.8 Å². The van der Waals surface area contributed by atoms with Gasteiger partial charge in [-0.2, -0.15) is 0 Å². The molecule has 0 aromatic heterocycles. The van der Waals surface area contributed by atoms with Crippen LogP contribution in [0.2, 0.25) is 0 Å². The minimum absolute atomic E-state index is 0.0924. The standard InChI is InChI=1S/C12H22N2O4/c1-9(2)7-13(8-11(16)17)12(18)14(5-6-15)10-3-4-10/h9-10,15H,3-8H2,1-2H3,(H,16,17). The smallest absolute Gasteiger partial charge is 0.323 e. The third-order valence-corrected chi connectivity index (χ3v) is 2.76. The molecular formula is C12H22N2O4. The summed E-state index contributed by atoms with van der Waals surface area (Å²) >= 11 is 0. The van der Waals surface area contributed by atoms with Crippen LogP contribution in [0.3, 0.4) is 0 Å². The topological polar surface area (TPSA) is 81.1 Å².